The topological polar surface area (TPSA) is 104 Å². The van der Waals surface area contributed by atoms with Crippen LogP contribution in [0.3, 0.4) is 0 Å². The van der Waals surface area contributed by atoms with Gasteiger partial charge >= 0.3 is 5.97 Å². The lowest BCUT2D eigenvalue weighted by molar-refractivity contribution is -0.146. The average molecular weight is 609 g/mol. The van der Waals surface area contributed by atoms with Crippen molar-refractivity contribution in [2.45, 2.75) is 51.2 Å². The molecule has 4 rings (SSSR count). The molecule has 0 bridgehead atoms. The van der Waals surface area contributed by atoms with Crippen molar-refractivity contribution in [3.63, 3.8) is 0 Å². The monoisotopic (exact) mass is 608 g/mol. The lowest BCUT2D eigenvalue weighted by Gasteiger charge is -2.28. The molecule has 2 aromatic carbocycles. The van der Waals surface area contributed by atoms with Gasteiger partial charge in [-0.2, -0.15) is 4.31 Å². The Kier molecular flexibility index (Phi) is 10.3. The maximum Gasteiger partial charge on any atom is 0.321 e. The molecular weight excluding hydrogens is 576 g/mol. The second-order valence-electron chi connectivity index (χ2n) is 9.81. The van der Waals surface area contributed by atoms with Crippen LogP contribution in [0.15, 0.2) is 52.7 Å². The molecule has 216 valence electrons. The largest absolute Gasteiger partial charge is 0.487 e. The number of aryl methyl sites for hydroxylation is 2. The van der Waals surface area contributed by atoms with E-state index in [1.165, 1.54) is 16.4 Å². The number of aromatic nitrogens is 1. The lowest BCUT2D eigenvalue weighted by atomic mass is 10.1. The minimum atomic E-state index is -3.92. The summed E-state index contributed by atoms with van der Waals surface area (Å²) in [6.45, 7) is 6.49. The van der Waals surface area contributed by atoms with E-state index in [4.69, 9.17) is 30.5 Å². The molecule has 1 unspecified atom stereocenters. The van der Waals surface area contributed by atoms with Crippen molar-refractivity contribution in [3.05, 3.63) is 64.1 Å². The molecule has 0 fully saturated rings. The van der Waals surface area contributed by atoms with Crippen LogP contribution in [0.4, 0.5) is 0 Å². The molecule has 0 radical (unpaired) electrons. The molecule has 2 heterocycles. The van der Waals surface area contributed by atoms with Gasteiger partial charge in [-0.05, 0) is 55.5 Å². The Bertz CT molecular complexity index is 1390. The SMILES string of the molecule is Cc1nc(COc2ccc(CCC(CN(CC(C)C)S(=O)(=O)c3ccc4c(c3)OCO4)OC(=O)CCl)cc2)cs1. The summed E-state index contributed by atoms with van der Waals surface area (Å²) < 4.78 is 50.8. The maximum absolute atomic E-state index is 13.7. The number of benzene rings is 2. The molecule has 0 N–H and O–H groups in total. The Labute approximate surface area is 244 Å². The fourth-order valence-electron chi connectivity index (χ4n) is 4.21. The lowest BCUT2D eigenvalue weighted by Crippen LogP contribution is -2.41. The fourth-order valence-corrected chi connectivity index (χ4v) is 6.52. The smallest absolute Gasteiger partial charge is 0.321 e. The van der Waals surface area contributed by atoms with Crippen LogP contribution in [0.5, 0.6) is 17.2 Å². The molecule has 40 heavy (non-hydrogen) atoms. The van der Waals surface area contributed by atoms with Gasteiger partial charge in [0.2, 0.25) is 16.8 Å². The standard InChI is InChI=1S/C28H33ClN2O7S2/c1-19(2)14-31(40(33,34)25-10-11-26-27(12-25)37-18-36-26)15-24(38-28(32)13-29)9-6-21-4-7-23(8-5-21)35-16-22-17-39-20(3)30-22/h4-5,7-8,10-12,17,19,24H,6,9,13-16,18H2,1-3H3. The molecule has 1 aliphatic rings. The van der Waals surface area contributed by atoms with Gasteiger partial charge in [-0.1, -0.05) is 26.0 Å². The number of carbonyl (C=O) groups excluding carboxylic acids is 1. The zero-order valence-corrected chi connectivity index (χ0v) is 25.1. The fraction of sp³-hybridized carbons (Fsp3) is 0.429. The zero-order valence-electron chi connectivity index (χ0n) is 22.7. The number of sulfonamides is 1. The molecule has 3 aromatic rings. The van der Waals surface area contributed by atoms with Crippen molar-refractivity contribution in [2.24, 2.45) is 5.92 Å². The number of esters is 1. The minimum absolute atomic E-state index is 0.00810. The first-order chi connectivity index (χ1) is 19.1. The van der Waals surface area contributed by atoms with Crippen LogP contribution in [-0.4, -0.2) is 55.5 Å². The maximum atomic E-state index is 13.7. The third-order valence-corrected chi connectivity index (χ3v) is 8.96. The van der Waals surface area contributed by atoms with Crippen molar-refractivity contribution in [1.82, 2.24) is 9.29 Å². The van der Waals surface area contributed by atoms with E-state index in [-0.39, 0.29) is 36.6 Å². The first-order valence-corrected chi connectivity index (χ1v) is 15.8. The van der Waals surface area contributed by atoms with Crippen LogP contribution in [-0.2, 0) is 32.6 Å². The molecule has 9 nitrogen and oxygen atoms in total. The predicted octanol–water partition coefficient (Wildman–Crippen LogP) is 5.19. The molecule has 0 spiro atoms. The minimum Gasteiger partial charge on any atom is -0.487 e. The van der Waals surface area contributed by atoms with Gasteiger partial charge < -0.3 is 18.9 Å². The quantitative estimate of drug-likeness (QED) is 0.182. The van der Waals surface area contributed by atoms with E-state index in [0.717, 1.165) is 22.0 Å². The van der Waals surface area contributed by atoms with Gasteiger partial charge in [0.05, 0.1) is 22.1 Å². The van der Waals surface area contributed by atoms with Gasteiger partial charge in [-0.15, -0.1) is 22.9 Å². The van der Waals surface area contributed by atoms with Gasteiger partial charge in [0.25, 0.3) is 0 Å². The number of rotatable bonds is 14. The highest BCUT2D eigenvalue weighted by atomic mass is 35.5. The molecule has 1 atom stereocenters. The summed E-state index contributed by atoms with van der Waals surface area (Å²) in [6, 6.07) is 12.2. The first kappa shape index (κ1) is 30.1. The van der Waals surface area contributed by atoms with Gasteiger partial charge in [-0.25, -0.2) is 13.4 Å². The van der Waals surface area contributed by atoms with Crippen LogP contribution in [0.2, 0.25) is 0 Å². The predicted molar refractivity (Wildman–Crippen MR) is 153 cm³/mol. The summed E-state index contributed by atoms with van der Waals surface area (Å²) in [5, 5.41) is 2.97. The van der Waals surface area contributed by atoms with E-state index in [0.29, 0.717) is 30.9 Å². The summed E-state index contributed by atoms with van der Waals surface area (Å²) >= 11 is 7.30. The van der Waals surface area contributed by atoms with E-state index in [2.05, 4.69) is 4.98 Å². The Morgan fingerprint density at radius 3 is 2.55 bits per heavy atom. The molecule has 0 saturated heterocycles. The first-order valence-electron chi connectivity index (χ1n) is 12.9. The highest BCUT2D eigenvalue weighted by Crippen LogP contribution is 2.35. The number of hydrogen-bond donors (Lipinski definition) is 0. The summed E-state index contributed by atoms with van der Waals surface area (Å²) in [5.74, 6) is 0.715. The van der Waals surface area contributed by atoms with Crippen LogP contribution in [0, 0.1) is 12.8 Å². The second-order valence-corrected chi connectivity index (χ2v) is 13.1. The van der Waals surface area contributed by atoms with Crippen molar-refractivity contribution < 1.29 is 32.2 Å². The summed E-state index contributed by atoms with van der Waals surface area (Å²) in [7, 11) is -3.92. The van der Waals surface area contributed by atoms with Gasteiger partial charge in [0, 0.05) is 18.0 Å². The Balaban J connectivity index is 1.44. The highest BCUT2D eigenvalue weighted by molar-refractivity contribution is 7.89. The van der Waals surface area contributed by atoms with Gasteiger partial charge in [0.15, 0.2) is 11.5 Å². The number of hydrogen-bond acceptors (Lipinski definition) is 9. The molecule has 0 amide bonds. The number of ether oxygens (including phenoxy) is 4. The van der Waals surface area contributed by atoms with Crippen molar-refractivity contribution in [2.75, 3.05) is 25.8 Å². The van der Waals surface area contributed by atoms with E-state index in [9.17, 15) is 13.2 Å². The van der Waals surface area contributed by atoms with Gasteiger partial charge in [-0.3, -0.25) is 4.79 Å². The Hall–Kier alpha value is -2.86. The third-order valence-electron chi connectivity index (χ3n) is 6.10. The molecule has 0 saturated carbocycles. The average Bonchev–Trinajstić information content (AvgIpc) is 3.58. The molecule has 1 aliphatic heterocycles. The summed E-state index contributed by atoms with van der Waals surface area (Å²) in [4.78, 5) is 16.6. The number of fused-ring (bicyclic) bond motifs is 1. The highest BCUT2D eigenvalue weighted by Gasteiger charge is 2.31. The van der Waals surface area contributed by atoms with E-state index >= 15 is 0 Å². The summed E-state index contributed by atoms with van der Waals surface area (Å²) in [6.07, 6.45) is 0.273. The number of carbonyl (C=O) groups is 1. The van der Waals surface area contributed by atoms with Crippen LogP contribution >= 0.6 is 22.9 Å². The van der Waals surface area contributed by atoms with E-state index < -0.39 is 22.1 Å². The van der Waals surface area contributed by atoms with Crippen LogP contribution in [0.1, 0.15) is 36.5 Å². The zero-order chi connectivity index (χ0) is 28.7. The number of alkyl halides is 1. The molecule has 1 aromatic heterocycles. The normalized spacial score (nSPS) is 13.6. The van der Waals surface area contributed by atoms with Crippen molar-refractivity contribution in [1.29, 1.82) is 0 Å². The van der Waals surface area contributed by atoms with Crippen molar-refractivity contribution >= 4 is 38.9 Å². The summed E-state index contributed by atoms with van der Waals surface area (Å²) in [5.41, 5.74) is 1.88. The van der Waals surface area contributed by atoms with Gasteiger partial charge in [0.1, 0.15) is 24.3 Å². The van der Waals surface area contributed by atoms with Crippen LogP contribution in [0.25, 0.3) is 0 Å². The third kappa shape index (κ3) is 8.09. The number of nitrogens with zero attached hydrogens (tertiary/aromatic N) is 2. The Morgan fingerprint density at radius 2 is 1.88 bits per heavy atom. The van der Waals surface area contributed by atoms with Crippen molar-refractivity contribution in [3.8, 4) is 17.2 Å². The number of thiazole rings is 1. The second kappa shape index (κ2) is 13.7. The molecule has 12 heteroatoms. The molecular formula is C28H33ClN2O7S2. The Morgan fingerprint density at radius 1 is 1.12 bits per heavy atom. The molecule has 0 aliphatic carbocycles. The van der Waals surface area contributed by atoms with Crippen LogP contribution < -0.4 is 14.2 Å². The van der Waals surface area contributed by atoms with E-state index in [1.54, 1.807) is 17.4 Å². The van der Waals surface area contributed by atoms with E-state index in [1.807, 2.05) is 50.4 Å². The number of halogens is 1.